The summed E-state index contributed by atoms with van der Waals surface area (Å²) in [6.07, 6.45) is 0.622. The Labute approximate surface area is 121 Å². The molecule has 1 saturated heterocycles. The van der Waals surface area contributed by atoms with Crippen molar-refractivity contribution in [3.8, 4) is 0 Å². The Morgan fingerprint density at radius 2 is 2.10 bits per heavy atom. The van der Waals surface area contributed by atoms with Crippen LogP contribution < -0.4 is 10.6 Å². The summed E-state index contributed by atoms with van der Waals surface area (Å²) < 4.78 is 23.4. The van der Waals surface area contributed by atoms with Crippen LogP contribution in [0.1, 0.15) is 11.3 Å². The molecule has 8 heteroatoms. The average Bonchev–Trinajstić information content (AvgIpc) is 2.62. The molecular weight excluding hydrogens is 296 g/mol. The van der Waals surface area contributed by atoms with Crippen LogP contribution in [0.5, 0.6) is 0 Å². The molecule has 2 aromatic heterocycles. The zero-order valence-electron chi connectivity index (χ0n) is 11.2. The monoisotopic (exact) mass is 312 g/mol. The summed E-state index contributed by atoms with van der Waals surface area (Å²) in [6.45, 7) is 3.15. The number of nitrogens with zero attached hydrogens (tertiary/aromatic N) is 3. The maximum atomic E-state index is 11.7. The third kappa shape index (κ3) is 2.57. The van der Waals surface area contributed by atoms with E-state index in [4.69, 9.17) is 5.73 Å². The number of hydrogen-bond donors (Lipinski definition) is 1. The van der Waals surface area contributed by atoms with Crippen LogP contribution >= 0.6 is 11.3 Å². The molecule has 0 radical (unpaired) electrons. The topological polar surface area (TPSA) is 89.2 Å². The van der Waals surface area contributed by atoms with Gasteiger partial charge in [0.2, 0.25) is 5.95 Å². The number of hydrogen-bond acceptors (Lipinski definition) is 7. The summed E-state index contributed by atoms with van der Waals surface area (Å²) in [5, 5.41) is 0.959. The van der Waals surface area contributed by atoms with Crippen LogP contribution in [-0.2, 0) is 9.84 Å². The van der Waals surface area contributed by atoms with Crippen molar-refractivity contribution in [2.24, 2.45) is 0 Å². The number of nitrogens with two attached hydrogens (primary N) is 1. The lowest BCUT2D eigenvalue weighted by atomic mass is 10.3. The molecule has 3 rings (SSSR count). The van der Waals surface area contributed by atoms with Crippen molar-refractivity contribution in [2.75, 3.05) is 35.2 Å². The van der Waals surface area contributed by atoms with Gasteiger partial charge in [-0.25, -0.2) is 13.4 Å². The zero-order chi connectivity index (χ0) is 14.3. The van der Waals surface area contributed by atoms with Gasteiger partial charge in [-0.05, 0) is 19.4 Å². The quantitative estimate of drug-likeness (QED) is 0.851. The highest BCUT2D eigenvalue weighted by Gasteiger charge is 2.22. The summed E-state index contributed by atoms with van der Waals surface area (Å²) in [6, 6.07) is 2.04. The lowest BCUT2D eigenvalue weighted by Gasteiger charge is -2.21. The number of sulfone groups is 1. The molecule has 0 spiro atoms. The van der Waals surface area contributed by atoms with Crippen molar-refractivity contribution in [3.05, 3.63) is 10.9 Å². The first-order valence-electron chi connectivity index (χ1n) is 6.44. The third-order valence-corrected chi connectivity index (χ3v) is 6.03. The predicted molar refractivity (Wildman–Crippen MR) is 82.0 cm³/mol. The van der Waals surface area contributed by atoms with Gasteiger partial charge in [-0.15, -0.1) is 11.3 Å². The Morgan fingerprint density at radius 1 is 1.30 bits per heavy atom. The SMILES string of the molecule is Cc1cc2c(N3CCCS(=O)(=O)CC3)nc(N)nc2s1. The fourth-order valence-electron chi connectivity index (χ4n) is 2.43. The van der Waals surface area contributed by atoms with E-state index in [0.717, 1.165) is 20.9 Å². The van der Waals surface area contributed by atoms with E-state index in [-0.39, 0.29) is 17.5 Å². The average molecular weight is 312 g/mol. The largest absolute Gasteiger partial charge is 0.368 e. The van der Waals surface area contributed by atoms with E-state index in [1.54, 1.807) is 11.3 Å². The third-order valence-electron chi connectivity index (χ3n) is 3.37. The van der Waals surface area contributed by atoms with Gasteiger partial charge < -0.3 is 10.6 Å². The normalized spacial score (nSPS) is 19.1. The summed E-state index contributed by atoms with van der Waals surface area (Å²) in [5.74, 6) is 1.41. The second-order valence-corrected chi connectivity index (χ2v) is 8.51. The van der Waals surface area contributed by atoms with Crippen LogP contribution in [-0.4, -0.2) is 43.0 Å². The van der Waals surface area contributed by atoms with E-state index < -0.39 is 9.84 Å². The number of rotatable bonds is 1. The van der Waals surface area contributed by atoms with Crippen molar-refractivity contribution in [3.63, 3.8) is 0 Å². The minimum Gasteiger partial charge on any atom is -0.368 e. The predicted octanol–water partition coefficient (Wildman–Crippen LogP) is 1.21. The molecule has 6 nitrogen and oxygen atoms in total. The lowest BCUT2D eigenvalue weighted by Crippen LogP contribution is -2.28. The van der Waals surface area contributed by atoms with Gasteiger partial charge in [0.25, 0.3) is 0 Å². The van der Waals surface area contributed by atoms with Crippen LogP contribution in [0, 0.1) is 6.92 Å². The summed E-state index contributed by atoms with van der Waals surface area (Å²) in [7, 11) is -2.93. The Hall–Kier alpha value is -1.41. The Morgan fingerprint density at radius 3 is 2.90 bits per heavy atom. The number of aromatic nitrogens is 2. The molecule has 0 amide bonds. The first-order chi connectivity index (χ1) is 9.44. The van der Waals surface area contributed by atoms with Gasteiger partial charge in [0.15, 0.2) is 9.84 Å². The van der Waals surface area contributed by atoms with Crippen LogP contribution in [0.3, 0.4) is 0 Å². The van der Waals surface area contributed by atoms with Gasteiger partial charge in [0, 0.05) is 18.0 Å². The molecule has 1 aliphatic rings. The first-order valence-corrected chi connectivity index (χ1v) is 9.07. The molecule has 0 saturated carbocycles. The standard InChI is InChI=1S/C12H16N4O2S2/c1-8-7-9-10(14-12(13)15-11(9)19-8)16-3-2-5-20(17,18)6-4-16/h7H,2-6H2,1H3,(H2,13,14,15). The number of fused-ring (bicyclic) bond motifs is 1. The van der Waals surface area contributed by atoms with E-state index in [0.29, 0.717) is 19.5 Å². The first kappa shape index (κ1) is 13.6. The van der Waals surface area contributed by atoms with Crippen LogP contribution in [0.4, 0.5) is 11.8 Å². The van der Waals surface area contributed by atoms with Crippen LogP contribution in [0.15, 0.2) is 6.07 Å². The second-order valence-electron chi connectivity index (χ2n) is 4.97. The van der Waals surface area contributed by atoms with Gasteiger partial charge in [-0.3, -0.25) is 0 Å². The highest BCUT2D eigenvalue weighted by Crippen LogP contribution is 2.31. The fourth-order valence-corrected chi connectivity index (χ4v) is 4.59. The lowest BCUT2D eigenvalue weighted by molar-refractivity contribution is 0.597. The summed E-state index contributed by atoms with van der Waals surface area (Å²) in [4.78, 5) is 12.6. The van der Waals surface area contributed by atoms with Crippen molar-refractivity contribution < 1.29 is 8.42 Å². The van der Waals surface area contributed by atoms with Gasteiger partial charge >= 0.3 is 0 Å². The van der Waals surface area contributed by atoms with Crippen LogP contribution in [0.2, 0.25) is 0 Å². The minimum absolute atomic E-state index is 0.168. The molecule has 0 atom stereocenters. The van der Waals surface area contributed by atoms with Gasteiger partial charge in [0.05, 0.1) is 16.9 Å². The van der Waals surface area contributed by atoms with Crippen molar-refractivity contribution in [2.45, 2.75) is 13.3 Å². The second kappa shape index (κ2) is 4.85. The highest BCUT2D eigenvalue weighted by molar-refractivity contribution is 7.91. The van der Waals surface area contributed by atoms with E-state index in [1.807, 2.05) is 17.9 Å². The van der Waals surface area contributed by atoms with E-state index in [9.17, 15) is 8.42 Å². The number of thiophene rings is 1. The molecule has 0 aliphatic carbocycles. The Kier molecular flexibility index (Phi) is 3.29. The van der Waals surface area contributed by atoms with E-state index >= 15 is 0 Å². The molecule has 1 aliphatic heterocycles. The van der Waals surface area contributed by atoms with Gasteiger partial charge in [-0.2, -0.15) is 4.98 Å². The maximum absolute atomic E-state index is 11.7. The zero-order valence-corrected chi connectivity index (χ0v) is 12.8. The fraction of sp³-hybridized carbons (Fsp3) is 0.500. The molecule has 0 unspecified atom stereocenters. The number of aryl methyl sites for hydroxylation is 1. The molecule has 0 aromatic carbocycles. The van der Waals surface area contributed by atoms with E-state index in [1.165, 1.54) is 0 Å². The van der Waals surface area contributed by atoms with Crippen LogP contribution in [0.25, 0.3) is 10.2 Å². The molecule has 20 heavy (non-hydrogen) atoms. The molecule has 1 fully saturated rings. The highest BCUT2D eigenvalue weighted by atomic mass is 32.2. The Bertz CT molecular complexity index is 754. The minimum atomic E-state index is -2.93. The molecule has 2 aromatic rings. The maximum Gasteiger partial charge on any atom is 0.223 e. The molecule has 108 valence electrons. The molecular formula is C12H16N4O2S2. The molecule has 2 N–H and O–H groups in total. The summed E-state index contributed by atoms with van der Waals surface area (Å²) in [5.41, 5.74) is 5.77. The van der Waals surface area contributed by atoms with Crippen molar-refractivity contribution in [1.82, 2.24) is 9.97 Å². The smallest absolute Gasteiger partial charge is 0.223 e. The number of nitrogen functional groups attached to an aromatic ring is 1. The molecule has 0 bridgehead atoms. The number of anilines is 2. The summed E-state index contributed by atoms with van der Waals surface area (Å²) >= 11 is 1.57. The van der Waals surface area contributed by atoms with Gasteiger partial charge in [0.1, 0.15) is 10.6 Å². The van der Waals surface area contributed by atoms with E-state index in [2.05, 4.69) is 9.97 Å². The van der Waals surface area contributed by atoms with Crippen molar-refractivity contribution >= 4 is 43.2 Å². The Balaban J connectivity index is 2.05. The van der Waals surface area contributed by atoms with Gasteiger partial charge in [-0.1, -0.05) is 0 Å². The molecule has 3 heterocycles. The van der Waals surface area contributed by atoms with Crippen molar-refractivity contribution in [1.29, 1.82) is 0 Å².